The summed E-state index contributed by atoms with van der Waals surface area (Å²) in [6.07, 6.45) is 5.54. The van der Waals surface area contributed by atoms with Crippen LogP contribution in [-0.4, -0.2) is 32.3 Å². The van der Waals surface area contributed by atoms with Crippen LogP contribution in [0.3, 0.4) is 0 Å². The lowest BCUT2D eigenvalue weighted by molar-refractivity contribution is -0.308. The number of anilines is 2. The zero-order valence-electron chi connectivity index (χ0n) is 18.3. The molecule has 3 heterocycles. The van der Waals surface area contributed by atoms with E-state index in [4.69, 9.17) is 4.84 Å². The smallest absolute Gasteiger partial charge is 0.230 e. The molecule has 0 spiro atoms. The van der Waals surface area contributed by atoms with E-state index in [0.717, 1.165) is 36.1 Å². The van der Waals surface area contributed by atoms with Crippen molar-refractivity contribution in [3.8, 4) is 0 Å². The molecule has 4 rings (SSSR count). The lowest BCUT2D eigenvalue weighted by Crippen LogP contribution is -2.59. The van der Waals surface area contributed by atoms with E-state index in [1.54, 1.807) is 18.5 Å². The molecule has 0 bridgehead atoms. The third-order valence-corrected chi connectivity index (χ3v) is 6.21. The van der Waals surface area contributed by atoms with E-state index in [1.165, 1.54) is 0 Å². The van der Waals surface area contributed by atoms with Crippen molar-refractivity contribution in [1.82, 2.24) is 15.0 Å². The van der Waals surface area contributed by atoms with Crippen molar-refractivity contribution in [1.29, 1.82) is 0 Å². The lowest BCUT2D eigenvalue weighted by atomic mass is 9.82. The molecule has 2 aliphatic heterocycles. The van der Waals surface area contributed by atoms with Crippen LogP contribution in [0.15, 0.2) is 41.8 Å². The molecule has 2 aliphatic rings. The number of rotatable bonds is 4. The van der Waals surface area contributed by atoms with E-state index in [9.17, 15) is 5.53 Å². The Morgan fingerprint density at radius 2 is 1.77 bits per heavy atom. The Hall–Kier alpha value is -2.67. The van der Waals surface area contributed by atoms with Crippen LogP contribution >= 0.6 is 0 Å². The average Bonchev–Trinajstić information content (AvgIpc) is 3.00. The van der Waals surface area contributed by atoms with Gasteiger partial charge in [-0.25, -0.2) is 9.97 Å². The number of aryl methyl sites for hydroxylation is 1. The molecule has 1 aromatic heterocycles. The van der Waals surface area contributed by atoms with E-state index >= 15 is 0 Å². The topological polar surface area (TPSA) is 90.2 Å². The Morgan fingerprint density at radius 3 is 2.40 bits per heavy atom. The van der Waals surface area contributed by atoms with Crippen molar-refractivity contribution in [2.45, 2.75) is 77.2 Å². The van der Waals surface area contributed by atoms with E-state index in [2.05, 4.69) is 65.7 Å². The summed E-state index contributed by atoms with van der Waals surface area (Å²) in [6.45, 7) is 10.9. The van der Waals surface area contributed by atoms with Gasteiger partial charge in [-0.15, -0.1) is 0 Å². The molecule has 158 valence electrons. The van der Waals surface area contributed by atoms with Gasteiger partial charge in [0.05, 0.1) is 5.69 Å². The molecule has 2 aromatic rings. The summed E-state index contributed by atoms with van der Waals surface area (Å²) < 4.78 is 0. The molecule has 1 fully saturated rings. The molecular formula is C22H29N7O. The first-order valence-corrected chi connectivity index (χ1v) is 10.4. The normalized spacial score (nSPS) is 24.9. The van der Waals surface area contributed by atoms with Gasteiger partial charge in [-0.3, -0.25) is 9.74 Å². The molecule has 0 aliphatic carbocycles. The quantitative estimate of drug-likeness (QED) is 0.374. The van der Waals surface area contributed by atoms with Gasteiger partial charge in [0.15, 0.2) is 0 Å². The Balaban J connectivity index is 1.83. The maximum absolute atomic E-state index is 9.39. The van der Waals surface area contributed by atoms with E-state index in [-0.39, 0.29) is 11.1 Å². The van der Waals surface area contributed by atoms with Crippen LogP contribution in [0, 0.1) is 6.92 Å². The zero-order valence-corrected chi connectivity index (χ0v) is 18.3. The average molecular weight is 408 g/mol. The molecular weight excluding hydrogens is 378 g/mol. The second kappa shape index (κ2) is 7.54. The monoisotopic (exact) mass is 407 g/mol. The van der Waals surface area contributed by atoms with Gasteiger partial charge in [-0.1, -0.05) is 17.2 Å². The second-order valence-corrected chi connectivity index (χ2v) is 9.34. The van der Waals surface area contributed by atoms with Crippen molar-refractivity contribution in [3.05, 3.63) is 58.2 Å². The Labute approximate surface area is 177 Å². The van der Waals surface area contributed by atoms with Crippen molar-refractivity contribution in [2.24, 2.45) is 5.11 Å². The minimum Gasteiger partial charge on any atom is -0.298 e. The van der Waals surface area contributed by atoms with Crippen LogP contribution in [0.2, 0.25) is 0 Å². The largest absolute Gasteiger partial charge is 0.298 e. The van der Waals surface area contributed by atoms with E-state index in [1.807, 2.05) is 17.0 Å². The van der Waals surface area contributed by atoms with E-state index in [0.29, 0.717) is 5.95 Å². The second-order valence-electron chi connectivity index (χ2n) is 9.34. The van der Waals surface area contributed by atoms with Crippen LogP contribution in [0.5, 0.6) is 0 Å². The van der Waals surface area contributed by atoms with Gasteiger partial charge in [0, 0.05) is 33.9 Å². The molecule has 8 heteroatoms. The number of hydroxylamine groups is 2. The molecule has 2 unspecified atom stereocenters. The molecule has 1 saturated heterocycles. The summed E-state index contributed by atoms with van der Waals surface area (Å²) in [6, 6.07) is 7.83. The minimum atomic E-state index is -0.623. The highest BCUT2D eigenvalue weighted by Crippen LogP contribution is 2.49. The summed E-state index contributed by atoms with van der Waals surface area (Å²) in [4.78, 5) is 20.7. The molecule has 0 N–H and O–H groups in total. The van der Waals surface area contributed by atoms with Crippen LogP contribution in [0.4, 0.5) is 11.6 Å². The fourth-order valence-corrected chi connectivity index (χ4v) is 4.96. The third kappa shape index (κ3) is 3.41. The Kier molecular flexibility index (Phi) is 5.18. The molecule has 1 aromatic carbocycles. The van der Waals surface area contributed by atoms with Crippen LogP contribution < -0.4 is 4.90 Å². The van der Waals surface area contributed by atoms with Gasteiger partial charge < -0.3 is 0 Å². The highest BCUT2D eigenvalue weighted by atomic mass is 16.7. The zero-order chi connectivity index (χ0) is 21.5. The highest BCUT2D eigenvalue weighted by Gasteiger charge is 2.49. The SMILES string of the molecule is Cc1cccc2c1C(ON1C(C)(C)CCCC1(C)C)C(N=[N+]=[N-])N2c1ncccn1. The number of piperidine rings is 1. The van der Waals surface area contributed by atoms with Gasteiger partial charge in [0.1, 0.15) is 12.3 Å². The van der Waals surface area contributed by atoms with Crippen molar-refractivity contribution in [3.63, 3.8) is 0 Å². The summed E-state index contributed by atoms with van der Waals surface area (Å²) in [7, 11) is 0. The summed E-state index contributed by atoms with van der Waals surface area (Å²) in [5.41, 5.74) is 12.1. The number of benzene rings is 1. The van der Waals surface area contributed by atoms with Crippen LogP contribution in [0.25, 0.3) is 10.4 Å². The van der Waals surface area contributed by atoms with Crippen molar-refractivity contribution >= 4 is 11.6 Å². The number of fused-ring (bicyclic) bond motifs is 1. The summed E-state index contributed by atoms with van der Waals surface area (Å²) >= 11 is 0. The third-order valence-electron chi connectivity index (χ3n) is 6.21. The minimum absolute atomic E-state index is 0.137. The number of aromatic nitrogens is 2. The van der Waals surface area contributed by atoms with Crippen LogP contribution in [-0.2, 0) is 4.84 Å². The lowest BCUT2D eigenvalue weighted by Gasteiger charge is -2.52. The first-order chi connectivity index (χ1) is 14.3. The maximum atomic E-state index is 9.39. The van der Waals surface area contributed by atoms with Gasteiger partial charge >= 0.3 is 0 Å². The van der Waals surface area contributed by atoms with Crippen molar-refractivity contribution in [2.75, 3.05) is 4.90 Å². The van der Waals surface area contributed by atoms with E-state index < -0.39 is 12.3 Å². The predicted molar refractivity (Wildman–Crippen MR) is 116 cm³/mol. The van der Waals surface area contributed by atoms with Crippen molar-refractivity contribution < 1.29 is 4.84 Å². The number of hydrogen-bond donors (Lipinski definition) is 0. The highest BCUT2D eigenvalue weighted by molar-refractivity contribution is 5.70. The maximum Gasteiger partial charge on any atom is 0.230 e. The number of azide groups is 1. The first kappa shape index (κ1) is 20.6. The molecule has 0 amide bonds. The van der Waals surface area contributed by atoms with Gasteiger partial charge in [0.25, 0.3) is 0 Å². The van der Waals surface area contributed by atoms with Crippen LogP contribution in [0.1, 0.15) is 64.2 Å². The molecule has 0 saturated carbocycles. The van der Waals surface area contributed by atoms with Gasteiger partial charge in [0.2, 0.25) is 5.95 Å². The van der Waals surface area contributed by atoms with Gasteiger partial charge in [-0.05, 0) is 77.1 Å². The Morgan fingerprint density at radius 1 is 1.10 bits per heavy atom. The number of hydrogen-bond acceptors (Lipinski definition) is 6. The molecule has 2 atom stereocenters. The molecule has 30 heavy (non-hydrogen) atoms. The number of nitrogens with zero attached hydrogens (tertiary/aromatic N) is 7. The molecule has 0 radical (unpaired) electrons. The standard InChI is InChI=1S/C22H29N7O/c1-15-9-6-10-16-17(15)18(30-29-21(2,3)11-7-12-22(29,4)5)19(26-27-23)28(16)20-24-13-8-14-25-20/h6,8-10,13-14,18-19H,7,11-12H2,1-5H3. The first-order valence-electron chi connectivity index (χ1n) is 10.4. The summed E-state index contributed by atoms with van der Waals surface area (Å²) in [5, 5.41) is 6.28. The molecule has 8 nitrogen and oxygen atoms in total. The summed E-state index contributed by atoms with van der Waals surface area (Å²) in [5.74, 6) is 0.491. The fourth-order valence-electron chi connectivity index (χ4n) is 4.96. The fraction of sp³-hybridized carbons (Fsp3) is 0.545. The van der Waals surface area contributed by atoms with Gasteiger partial charge in [-0.2, -0.15) is 5.06 Å². The predicted octanol–water partition coefficient (Wildman–Crippen LogP) is 5.59. The Bertz CT molecular complexity index is 953.